The molecule has 0 aromatic carbocycles. The van der Waals surface area contributed by atoms with Crippen LogP contribution in [0.25, 0.3) is 0 Å². The van der Waals surface area contributed by atoms with Crippen LogP contribution in [0.5, 0.6) is 0 Å². The van der Waals surface area contributed by atoms with Crippen LogP contribution in [-0.2, 0) is 18.8 Å². The summed E-state index contributed by atoms with van der Waals surface area (Å²) in [7, 11) is -2.75. The largest absolute Gasteiger partial charge is 0.386 e. The van der Waals surface area contributed by atoms with Gasteiger partial charge in [-0.3, -0.25) is 4.57 Å². The lowest BCUT2D eigenvalue weighted by atomic mass is 10.1. The maximum atomic E-state index is 11.6. The van der Waals surface area contributed by atoms with E-state index in [1.54, 1.807) is 0 Å². The maximum Gasteiger partial charge on any atom is 0.246 e. The Morgan fingerprint density at radius 2 is 2.33 bits per heavy atom. The Kier molecular flexibility index (Phi) is 4.83. The Bertz CT molecular complexity index is 414. The molecule has 18 heavy (non-hydrogen) atoms. The molecule has 0 aromatic rings. The molecule has 2 N–H and O–H groups in total. The molecule has 1 aliphatic heterocycles. The SMILES string of the molecule is [2H]/C(=C(/[2H])P(=O)(O)CO)[C@H]1OC[C@H](OC)[C@@H]1OC(C)C. The molecule has 6 nitrogen and oxygen atoms in total. The van der Waals surface area contributed by atoms with Gasteiger partial charge in [0.25, 0.3) is 0 Å². The number of rotatable bonds is 6. The lowest BCUT2D eigenvalue weighted by Gasteiger charge is -2.23. The van der Waals surface area contributed by atoms with Crippen LogP contribution in [0.2, 0.25) is 0 Å². The van der Waals surface area contributed by atoms with Gasteiger partial charge in [0.15, 0.2) is 0 Å². The second-order valence-electron chi connectivity index (χ2n) is 4.28. The van der Waals surface area contributed by atoms with Crippen LogP contribution >= 0.6 is 7.37 Å². The Morgan fingerprint density at radius 3 is 2.83 bits per heavy atom. The first-order chi connectivity index (χ1) is 9.24. The minimum Gasteiger partial charge on any atom is -0.386 e. The van der Waals surface area contributed by atoms with Gasteiger partial charge in [-0.15, -0.1) is 0 Å². The van der Waals surface area contributed by atoms with Crippen molar-refractivity contribution in [2.24, 2.45) is 0 Å². The first-order valence-electron chi connectivity index (χ1n) is 6.65. The molecule has 0 bridgehead atoms. The summed E-state index contributed by atoms with van der Waals surface area (Å²) in [6.45, 7) is 3.78. The zero-order valence-electron chi connectivity index (χ0n) is 12.7. The van der Waals surface area contributed by atoms with Crippen molar-refractivity contribution in [3.8, 4) is 0 Å². The summed E-state index contributed by atoms with van der Waals surface area (Å²) in [6.07, 6.45) is -3.23. The minimum atomic E-state index is -4.22. The molecule has 1 rings (SSSR count). The van der Waals surface area contributed by atoms with Crippen LogP contribution in [0.1, 0.15) is 16.6 Å². The summed E-state index contributed by atoms with van der Waals surface area (Å²) in [5, 5.41) is 8.82. The minimum absolute atomic E-state index is 0.150. The van der Waals surface area contributed by atoms with Gasteiger partial charge >= 0.3 is 0 Å². The molecule has 0 radical (unpaired) electrons. The van der Waals surface area contributed by atoms with Crippen LogP contribution in [0.15, 0.2) is 11.8 Å². The molecule has 0 amide bonds. The smallest absolute Gasteiger partial charge is 0.246 e. The molecule has 7 heteroatoms. The van der Waals surface area contributed by atoms with Gasteiger partial charge < -0.3 is 24.2 Å². The molecular formula is C11H21O6P. The fraction of sp³-hybridized carbons (Fsp3) is 0.818. The van der Waals surface area contributed by atoms with Gasteiger partial charge in [0.05, 0.1) is 15.5 Å². The van der Waals surface area contributed by atoms with E-state index in [0.717, 1.165) is 0 Å². The molecule has 0 aliphatic carbocycles. The molecule has 4 atom stereocenters. The summed E-state index contributed by atoms with van der Waals surface area (Å²) in [4.78, 5) is 9.43. The second kappa shape index (κ2) is 6.80. The van der Waals surface area contributed by atoms with E-state index in [1.165, 1.54) is 7.11 Å². The zero-order chi connectivity index (χ0) is 15.5. The predicted octanol–water partition coefficient (Wildman–Crippen LogP) is 0.928. The molecule has 0 aromatic heterocycles. The number of methoxy groups -OCH3 is 1. The fourth-order valence-electron chi connectivity index (χ4n) is 1.58. The highest BCUT2D eigenvalue weighted by Gasteiger charge is 2.37. The maximum absolute atomic E-state index is 11.6. The molecule has 1 aliphatic rings. The summed E-state index contributed by atoms with van der Waals surface area (Å²) in [5.41, 5.74) is 0. The monoisotopic (exact) mass is 282 g/mol. The molecule has 1 unspecified atom stereocenters. The molecular weight excluding hydrogens is 259 g/mol. The zero-order valence-corrected chi connectivity index (χ0v) is 11.6. The van der Waals surface area contributed by atoms with Crippen molar-refractivity contribution in [2.75, 3.05) is 20.1 Å². The number of ether oxygens (including phenoxy) is 3. The summed E-state index contributed by atoms with van der Waals surface area (Å²) in [6, 6.07) is -0.463. The average Bonchev–Trinajstić information content (AvgIpc) is 2.78. The van der Waals surface area contributed by atoms with Crippen molar-refractivity contribution in [1.82, 2.24) is 0 Å². The topological polar surface area (TPSA) is 85.2 Å². The lowest BCUT2D eigenvalue weighted by molar-refractivity contribution is -0.0659. The van der Waals surface area contributed by atoms with Crippen molar-refractivity contribution in [1.29, 1.82) is 0 Å². The lowest BCUT2D eigenvalue weighted by Crippen LogP contribution is -2.35. The Morgan fingerprint density at radius 1 is 1.67 bits per heavy atom. The number of aliphatic hydroxyl groups excluding tert-OH is 1. The van der Waals surface area contributed by atoms with Gasteiger partial charge in [0.2, 0.25) is 7.37 Å². The van der Waals surface area contributed by atoms with E-state index < -0.39 is 43.9 Å². The standard InChI is InChI=1S/C11H21O6P/c1-8(2)17-11-9(16-6-10(11)15-3)4-5-18(13,14)7-12/h4-5,8-12H,6-7H2,1-3H3,(H,13,14)/b5-4+/t9-,10+,11-/m1/s1/i4D,5D. The second-order valence-corrected chi connectivity index (χ2v) is 6.19. The molecule has 0 spiro atoms. The van der Waals surface area contributed by atoms with E-state index in [0.29, 0.717) is 0 Å². The number of hydrogen-bond donors (Lipinski definition) is 2. The Hall–Kier alpha value is -0.230. The van der Waals surface area contributed by atoms with Crippen LogP contribution < -0.4 is 0 Å². The first-order valence-corrected chi connectivity index (χ1v) is 7.49. The summed E-state index contributed by atoms with van der Waals surface area (Å²) < 4.78 is 43.2. The van der Waals surface area contributed by atoms with E-state index in [9.17, 15) is 9.46 Å². The summed E-state index contributed by atoms with van der Waals surface area (Å²) >= 11 is 0. The fourth-order valence-corrected chi connectivity index (χ4v) is 1.98. The molecule has 106 valence electrons. The number of aliphatic hydroxyl groups is 1. The first kappa shape index (κ1) is 12.8. The van der Waals surface area contributed by atoms with Crippen LogP contribution in [-0.4, -0.2) is 54.5 Å². The molecule has 1 fully saturated rings. The van der Waals surface area contributed by atoms with E-state index in [1.807, 2.05) is 13.8 Å². The van der Waals surface area contributed by atoms with Crippen LogP contribution in [0.4, 0.5) is 0 Å². The molecule has 1 saturated heterocycles. The molecule has 1 heterocycles. The van der Waals surface area contributed by atoms with E-state index >= 15 is 0 Å². The van der Waals surface area contributed by atoms with Gasteiger partial charge in [-0.25, -0.2) is 0 Å². The van der Waals surface area contributed by atoms with Crippen LogP contribution in [0, 0.1) is 0 Å². The third kappa shape index (κ3) is 4.46. The molecule has 0 saturated carbocycles. The predicted molar refractivity (Wildman–Crippen MR) is 66.6 cm³/mol. The normalized spacial score (nSPS) is 34.9. The Labute approximate surface area is 110 Å². The summed E-state index contributed by atoms with van der Waals surface area (Å²) in [5.74, 6) is -0.820. The quantitative estimate of drug-likeness (QED) is 0.705. The number of hydrogen-bond acceptors (Lipinski definition) is 5. The van der Waals surface area contributed by atoms with Crippen molar-refractivity contribution >= 4 is 7.37 Å². The highest BCUT2D eigenvalue weighted by molar-refractivity contribution is 7.61. The Balaban J connectivity index is 3.04. The van der Waals surface area contributed by atoms with Crippen molar-refractivity contribution in [3.05, 3.63) is 11.8 Å². The highest BCUT2D eigenvalue weighted by atomic mass is 31.2. The van der Waals surface area contributed by atoms with Crippen molar-refractivity contribution in [3.63, 3.8) is 0 Å². The van der Waals surface area contributed by atoms with Gasteiger partial charge in [0, 0.05) is 12.9 Å². The van der Waals surface area contributed by atoms with Crippen LogP contribution in [0.3, 0.4) is 0 Å². The average molecular weight is 282 g/mol. The van der Waals surface area contributed by atoms with Crippen molar-refractivity contribution < 1.29 is 31.5 Å². The van der Waals surface area contributed by atoms with E-state index in [2.05, 4.69) is 0 Å². The van der Waals surface area contributed by atoms with Gasteiger partial charge in [-0.1, -0.05) is 0 Å². The van der Waals surface area contributed by atoms with E-state index in [-0.39, 0.29) is 12.7 Å². The third-order valence-electron chi connectivity index (χ3n) is 2.41. The van der Waals surface area contributed by atoms with Crippen molar-refractivity contribution in [2.45, 2.75) is 38.3 Å². The van der Waals surface area contributed by atoms with E-state index in [4.69, 9.17) is 22.1 Å². The van der Waals surface area contributed by atoms with Gasteiger partial charge in [0.1, 0.15) is 24.7 Å². The van der Waals surface area contributed by atoms with Gasteiger partial charge in [-0.2, -0.15) is 0 Å². The third-order valence-corrected chi connectivity index (χ3v) is 3.27. The van der Waals surface area contributed by atoms with Gasteiger partial charge in [-0.05, 0) is 19.9 Å². The highest BCUT2D eigenvalue weighted by Crippen LogP contribution is 2.41.